The third kappa shape index (κ3) is 4.32. The quantitative estimate of drug-likeness (QED) is 0.172. The Bertz CT molecular complexity index is 2190. The average molecular weight is 634 g/mol. The summed E-state index contributed by atoms with van der Waals surface area (Å²) >= 11 is 1.28. The molecule has 8 rings (SSSR count). The molecule has 0 spiro atoms. The summed E-state index contributed by atoms with van der Waals surface area (Å²) in [5.41, 5.74) is 6.00. The van der Waals surface area contributed by atoms with Gasteiger partial charge in [0.25, 0.3) is 5.91 Å². The van der Waals surface area contributed by atoms with E-state index < -0.39 is 11.5 Å². The third-order valence-electron chi connectivity index (χ3n) is 10.2. The van der Waals surface area contributed by atoms with Gasteiger partial charge in [-0.3, -0.25) is 19.4 Å². The Morgan fingerprint density at radius 3 is 2.54 bits per heavy atom. The lowest BCUT2D eigenvalue weighted by Crippen LogP contribution is -2.52. The zero-order chi connectivity index (χ0) is 31.7. The van der Waals surface area contributed by atoms with Crippen molar-refractivity contribution in [3.05, 3.63) is 76.3 Å². The molecule has 0 unspecified atom stereocenters. The van der Waals surface area contributed by atoms with Crippen molar-refractivity contribution in [2.45, 2.75) is 69.7 Å². The van der Waals surface area contributed by atoms with E-state index in [9.17, 15) is 14.7 Å². The number of aryl methyl sites for hydroxylation is 2. The fourth-order valence-corrected chi connectivity index (χ4v) is 8.79. The Morgan fingerprint density at radius 1 is 1.04 bits per heavy atom. The number of thiophene rings is 1. The van der Waals surface area contributed by atoms with Crippen molar-refractivity contribution in [3.8, 4) is 11.4 Å². The lowest BCUT2D eigenvalue weighted by Gasteiger charge is -2.41. The number of fused-ring (bicyclic) bond motifs is 3. The Hall–Kier alpha value is -4.77. The number of nitrogens with one attached hydrogen (secondary N) is 1. The average Bonchev–Trinajstić information content (AvgIpc) is 3.66. The topological polar surface area (TPSA) is 141 Å². The van der Waals surface area contributed by atoms with Crippen LogP contribution in [0.2, 0.25) is 0 Å². The highest BCUT2D eigenvalue weighted by atomic mass is 32.1. The molecule has 0 aliphatic heterocycles. The first kappa shape index (κ1) is 28.7. The van der Waals surface area contributed by atoms with E-state index in [0.29, 0.717) is 16.4 Å². The van der Waals surface area contributed by atoms with E-state index in [-0.39, 0.29) is 5.91 Å². The molecule has 11 heteroatoms. The second-order valence-corrected chi connectivity index (χ2v) is 13.9. The van der Waals surface area contributed by atoms with Crippen LogP contribution in [0.3, 0.4) is 0 Å². The van der Waals surface area contributed by atoms with Gasteiger partial charge in [-0.15, -0.1) is 11.3 Å². The Labute approximate surface area is 269 Å². The number of benzene rings is 2. The van der Waals surface area contributed by atoms with E-state index >= 15 is 0 Å². The normalized spacial score (nSPS) is 16.7. The number of carbonyl (C=O) groups excluding carboxylic acids is 1. The fraction of sp³-hybridized carbons (Fsp3) is 0.343. The minimum Gasteiger partial charge on any atom is -0.477 e. The van der Waals surface area contributed by atoms with Gasteiger partial charge in [0.1, 0.15) is 16.4 Å². The molecular formula is C35H35N7O3S. The molecule has 4 heterocycles. The van der Waals surface area contributed by atoms with Gasteiger partial charge < -0.3 is 20.8 Å². The zero-order valence-corrected chi connectivity index (χ0v) is 26.7. The minimum absolute atomic E-state index is 0.168. The largest absolute Gasteiger partial charge is 0.477 e. The van der Waals surface area contributed by atoms with E-state index in [0.717, 1.165) is 86.9 Å². The number of imidazole rings is 1. The predicted octanol–water partition coefficient (Wildman–Crippen LogP) is 6.78. The summed E-state index contributed by atoms with van der Waals surface area (Å²) < 4.78 is 4.64. The van der Waals surface area contributed by atoms with Crippen LogP contribution in [0.15, 0.2) is 48.9 Å². The van der Waals surface area contributed by atoms with Gasteiger partial charge in [-0.25, -0.2) is 9.78 Å². The second kappa shape index (κ2) is 10.7. The molecule has 0 bridgehead atoms. The lowest BCUT2D eigenvalue weighted by atomic mass is 9.75. The van der Waals surface area contributed by atoms with Crippen molar-refractivity contribution in [2.75, 3.05) is 5.84 Å². The van der Waals surface area contributed by atoms with Crippen LogP contribution in [-0.2, 0) is 12.6 Å². The van der Waals surface area contributed by atoms with Crippen LogP contribution >= 0.6 is 11.3 Å². The summed E-state index contributed by atoms with van der Waals surface area (Å²) in [4.78, 5) is 40.0. The maximum absolute atomic E-state index is 14.0. The van der Waals surface area contributed by atoms with E-state index in [2.05, 4.69) is 15.3 Å². The number of rotatable bonds is 6. The van der Waals surface area contributed by atoms with Crippen LogP contribution < -0.4 is 11.2 Å². The Morgan fingerprint density at radius 2 is 1.85 bits per heavy atom. The molecule has 4 N–H and O–H groups in total. The maximum atomic E-state index is 14.0. The minimum atomic E-state index is -0.914. The number of amides is 1. The highest BCUT2D eigenvalue weighted by Gasteiger charge is 2.44. The van der Waals surface area contributed by atoms with Gasteiger partial charge in [-0.2, -0.15) is 0 Å². The van der Waals surface area contributed by atoms with Gasteiger partial charge in [0.2, 0.25) is 0 Å². The molecule has 4 aromatic heterocycles. The molecule has 2 saturated carbocycles. The number of nitrogens with zero attached hydrogens (tertiary/aromatic N) is 5. The molecule has 2 aliphatic carbocycles. The molecule has 234 valence electrons. The van der Waals surface area contributed by atoms with E-state index in [1.165, 1.54) is 36.2 Å². The molecule has 0 atom stereocenters. The third-order valence-corrected chi connectivity index (χ3v) is 11.5. The van der Waals surface area contributed by atoms with Crippen molar-refractivity contribution in [1.29, 1.82) is 0 Å². The number of carboxylic acid groups (broad SMARTS) is 1. The van der Waals surface area contributed by atoms with Gasteiger partial charge in [0.05, 0.1) is 34.0 Å². The Balaban J connectivity index is 1.17. The maximum Gasteiger partial charge on any atom is 0.346 e. The number of nitrogens with two attached hydrogens (primary N) is 1. The van der Waals surface area contributed by atoms with Gasteiger partial charge in [0, 0.05) is 35.1 Å². The molecule has 2 aliphatic rings. The summed E-state index contributed by atoms with van der Waals surface area (Å²) in [6.07, 6.45) is 13.5. The van der Waals surface area contributed by atoms with Crippen LogP contribution in [-0.4, -0.2) is 41.2 Å². The van der Waals surface area contributed by atoms with Crippen molar-refractivity contribution < 1.29 is 14.7 Å². The predicted molar refractivity (Wildman–Crippen MR) is 180 cm³/mol. The molecule has 6 aromatic rings. The van der Waals surface area contributed by atoms with Crippen LogP contribution in [0.5, 0.6) is 0 Å². The lowest BCUT2D eigenvalue weighted by molar-refractivity contribution is 0.0700. The first-order valence-electron chi connectivity index (χ1n) is 15.9. The summed E-state index contributed by atoms with van der Waals surface area (Å²) in [5.74, 6) is 6.91. The van der Waals surface area contributed by atoms with Crippen LogP contribution in [0, 0.1) is 6.92 Å². The van der Waals surface area contributed by atoms with Gasteiger partial charge in [-0.1, -0.05) is 25.3 Å². The van der Waals surface area contributed by atoms with Crippen molar-refractivity contribution in [2.24, 2.45) is 7.05 Å². The smallest absolute Gasteiger partial charge is 0.346 e. The van der Waals surface area contributed by atoms with Crippen molar-refractivity contribution in [3.63, 3.8) is 0 Å². The summed E-state index contributed by atoms with van der Waals surface area (Å²) in [6.45, 7) is 1.84. The number of aromatic carboxylic acids is 1. The number of nitrogen functional groups attached to an aromatic ring is 1. The highest BCUT2D eigenvalue weighted by Crippen LogP contribution is 2.45. The number of carboxylic acids is 1. The van der Waals surface area contributed by atoms with Gasteiger partial charge >= 0.3 is 5.97 Å². The highest BCUT2D eigenvalue weighted by molar-refractivity contribution is 7.21. The standard InChI is InChI=1S/C35H35N7O3S/c1-19-23-16-24-27(17-28(23)46-31(19)33(44)45)41(2)34(39-24)35(11-6-12-35)40-32(43)21-9-10-22-26(15-21)42(36)30(25-18-37-13-14-38-25)29(22)20-7-4-3-5-8-20/h9-10,13-18,20H,3-8,11-12,36H2,1-2H3,(H,40,43)(H,44,45). The SMILES string of the molecule is Cc1c(C(=O)O)sc2cc3c(cc12)nc(C1(NC(=O)c2ccc4c(C5CCCCC5)c(-c5cnccn5)n(N)c4c2)CCC1)n3C. The first-order chi connectivity index (χ1) is 22.3. The molecule has 46 heavy (non-hydrogen) atoms. The molecule has 0 radical (unpaired) electrons. The summed E-state index contributed by atoms with van der Waals surface area (Å²) in [6, 6.07) is 9.84. The Kier molecular flexibility index (Phi) is 6.64. The summed E-state index contributed by atoms with van der Waals surface area (Å²) in [7, 11) is 1.97. The van der Waals surface area contributed by atoms with Gasteiger partial charge in [-0.05, 0) is 85.7 Å². The number of hydrogen-bond donors (Lipinski definition) is 3. The van der Waals surface area contributed by atoms with Gasteiger partial charge in [0.15, 0.2) is 0 Å². The molecule has 2 aromatic carbocycles. The monoisotopic (exact) mass is 633 g/mol. The fourth-order valence-electron chi connectivity index (χ4n) is 7.73. The molecule has 10 nitrogen and oxygen atoms in total. The number of aromatic nitrogens is 5. The molecule has 2 fully saturated rings. The number of carbonyl (C=O) groups is 2. The first-order valence-corrected chi connectivity index (χ1v) is 16.7. The number of hydrogen-bond acceptors (Lipinski definition) is 7. The van der Waals surface area contributed by atoms with Crippen LogP contribution in [0.4, 0.5) is 0 Å². The second-order valence-electron chi connectivity index (χ2n) is 12.9. The van der Waals surface area contributed by atoms with Crippen LogP contribution in [0.25, 0.3) is 43.4 Å². The van der Waals surface area contributed by atoms with Crippen LogP contribution in [0.1, 0.15) is 94.3 Å². The van der Waals surface area contributed by atoms with E-state index in [4.69, 9.17) is 10.8 Å². The molecular weight excluding hydrogens is 598 g/mol. The summed E-state index contributed by atoms with van der Waals surface area (Å²) in [5, 5.41) is 14.9. The molecule has 1 amide bonds. The van der Waals surface area contributed by atoms with E-state index in [1.807, 2.05) is 48.9 Å². The zero-order valence-electron chi connectivity index (χ0n) is 25.8. The van der Waals surface area contributed by atoms with Crippen molar-refractivity contribution in [1.82, 2.24) is 29.5 Å². The van der Waals surface area contributed by atoms with Crippen molar-refractivity contribution >= 4 is 55.2 Å². The van der Waals surface area contributed by atoms with E-state index in [1.54, 1.807) is 23.3 Å². The molecule has 0 saturated heterocycles.